The Hall–Kier alpha value is -2.39. The van der Waals surface area contributed by atoms with Crippen LogP contribution in [0.3, 0.4) is 0 Å². The number of hydrogen-bond acceptors (Lipinski definition) is 3. The van der Waals surface area contributed by atoms with E-state index < -0.39 is 0 Å². The van der Waals surface area contributed by atoms with Crippen molar-refractivity contribution in [1.29, 1.82) is 0 Å². The number of benzene rings is 2. The molecule has 0 N–H and O–H groups in total. The molecule has 0 aliphatic rings. The van der Waals surface area contributed by atoms with Gasteiger partial charge in [0.2, 0.25) is 0 Å². The van der Waals surface area contributed by atoms with Gasteiger partial charge in [-0.3, -0.25) is 4.98 Å². The van der Waals surface area contributed by atoms with Gasteiger partial charge in [0, 0.05) is 31.2 Å². The highest BCUT2D eigenvalue weighted by Gasteiger charge is 2.18. The molecule has 0 bridgehead atoms. The van der Waals surface area contributed by atoms with Gasteiger partial charge in [0.25, 0.3) is 0 Å². The quantitative estimate of drug-likeness (QED) is 0.354. The van der Waals surface area contributed by atoms with Crippen LogP contribution >= 0.6 is 11.3 Å². The predicted octanol–water partition coefficient (Wildman–Crippen LogP) is 7.39. The van der Waals surface area contributed by atoms with Crippen LogP contribution in [0.5, 0.6) is 0 Å². The van der Waals surface area contributed by atoms with E-state index in [0.29, 0.717) is 5.92 Å². The third-order valence-electron chi connectivity index (χ3n) is 5.83. The maximum Gasteiger partial charge on any atom is 0.0946 e. The Morgan fingerprint density at radius 1 is 1.00 bits per heavy atom. The lowest BCUT2D eigenvalue weighted by Gasteiger charge is -2.18. The summed E-state index contributed by atoms with van der Waals surface area (Å²) in [6, 6.07) is 15.6. The van der Waals surface area contributed by atoms with E-state index in [-0.39, 0.29) is 0 Å². The molecule has 2 heterocycles. The summed E-state index contributed by atoms with van der Waals surface area (Å²) in [6.45, 7) is 6.80. The Morgan fingerprint density at radius 2 is 1.75 bits per heavy atom. The van der Waals surface area contributed by atoms with Crippen LogP contribution < -0.4 is 4.90 Å². The van der Waals surface area contributed by atoms with Gasteiger partial charge in [-0.15, -0.1) is 11.3 Å². The van der Waals surface area contributed by atoms with Crippen molar-refractivity contribution >= 4 is 37.2 Å². The highest BCUT2D eigenvalue weighted by atomic mass is 32.1. The molecular formula is C25H28N2S. The van der Waals surface area contributed by atoms with E-state index in [9.17, 15) is 0 Å². The van der Waals surface area contributed by atoms with E-state index in [2.05, 4.69) is 82.2 Å². The molecule has 3 heteroatoms. The van der Waals surface area contributed by atoms with Crippen molar-refractivity contribution in [2.24, 2.45) is 0 Å². The Bertz CT molecular complexity index is 1140. The van der Waals surface area contributed by atoms with Crippen LogP contribution in [0.4, 0.5) is 5.00 Å². The zero-order valence-corrected chi connectivity index (χ0v) is 18.2. The van der Waals surface area contributed by atoms with Crippen molar-refractivity contribution < 1.29 is 0 Å². The zero-order chi connectivity index (χ0) is 19.8. The SMILES string of the molecule is CCC(CC)c1cc(-c2nccc3c(C)c(N(C)C)sc23)cc2ccccc12. The highest BCUT2D eigenvalue weighted by molar-refractivity contribution is 7.23. The van der Waals surface area contributed by atoms with Crippen molar-refractivity contribution in [2.45, 2.75) is 39.5 Å². The van der Waals surface area contributed by atoms with Crippen molar-refractivity contribution in [2.75, 3.05) is 19.0 Å². The highest BCUT2D eigenvalue weighted by Crippen LogP contribution is 2.42. The fourth-order valence-corrected chi connectivity index (χ4v) is 5.55. The van der Waals surface area contributed by atoms with Gasteiger partial charge in [0.05, 0.1) is 15.4 Å². The molecule has 4 rings (SSSR count). The van der Waals surface area contributed by atoms with Gasteiger partial charge in [0.15, 0.2) is 0 Å². The Labute approximate surface area is 171 Å². The number of nitrogens with zero attached hydrogens (tertiary/aromatic N) is 2. The number of hydrogen-bond donors (Lipinski definition) is 0. The third-order valence-corrected chi connectivity index (χ3v) is 7.31. The van der Waals surface area contributed by atoms with E-state index in [1.165, 1.54) is 42.6 Å². The monoisotopic (exact) mass is 388 g/mol. The first-order chi connectivity index (χ1) is 13.5. The minimum Gasteiger partial charge on any atom is -0.369 e. The molecule has 144 valence electrons. The largest absolute Gasteiger partial charge is 0.369 e. The van der Waals surface area contributed by atoms with E-state index in [0.717, 1.165) is 18.5 Å². The fourth-order valence-electron chi connectivity index (χ4n) is 4.31. The molecule has 0 spiro atoms. The van der Waals surface area contributed by atoms with Crippen LogP contribution in [-0.2, 0) is 0 Å². The van der Waals surface area contributed by atoms with Crippen molar-refractivity contribution in [3.63, 3.8) is 0 Å². The van der Waals surface area contributed by atoms with Gasteiger partial charge < -0.3 is 4.90 Å². The summed E-state index contributed by atoms with van der Waals surface area (Å²) in [5.41, 5.74) is 5.14. The summed E-state index contributed by atoms with van der Waals surface area (Å²) in [6.07, 6.45) is 4.28. The number of aryl methyl sites for hydroxylation is 1. The molecule has 2 aromatic carbocycles. The van der Waals surface area contributed by atoms with Crippen LogP contribution in [0, 0.1) is 6.92 Å². The van der Waals surface area contributed by atoms with Crippen molar-refractivity contribution in [1.82, 2.24) is 4.98 Å². The molecule has 0 fully saturated rings. The van der Waals surface area contributed by atoms with Gasteiger partial charge in [-0.2, -0.15) is 0 Å². The van der Waals surface area contributed by atoms with Gasteiger partial charge >= 0.3 is 0 Å². The van der Waals surface area contributed by atoms with Crippen LogP contribution in [0.1, 0.15) is 43.7 Å². The zero-order valence-electron chi connectivity index (χ0n) is 17.4. The summed E-state index contributed by atoms with van der Waals surface area (Å²) < 4.78 is 1.29. The number of fused-ring (bicyclic) bond motifs is 2. The second-order valence-corrected chi connectivity index (χ2v) is 8.76. The predicted molar refractivity (Wildman–Crippen MR) is 125 cm³/mol. The molecule has 2 aromatic heterocycles. The molecule has 0 unspecified atom stereocenters. The van der Waals surface area contributed by atoms with Crippen LogP contribution in [0.2, 0.25) is 0 Å². The molecule has 0 aliphatic heterocycles. The molecule has 0 atom stereocenters. The lowest BCUT2D eigenvalue weighted by atomic mass is 9.87. The number of rotatable bonds is 5. The topological polar surface area (TPSA) is 16.1 Å². The number of aromatic nitrogens is 1. The summed E-state index contributed by atoms with van der Waals surface area (Å²) in [7, 11) is 4.23. The second-order valence-electron chi connectivity index (χ2n) is 7.76. The molecular weight excluding hydrogens is 360 g/mol. The molecule has 2 nitrogen and oxygen atoms in total. The smallest absolute Gasteiger partial charge is 0.0946 e. The van der Waals surface area contributed by atoms with E-state index in [1.54, 1.807) is 0 Å². The molecule has 28 heavy (non-hydrogen) atoms. The van der Waals surface area contributed by atoms with Gasteiger partial charge in [-0.05, 0) is 65.8 Å². The lowest BCUT2D eigenvalue weighted by molar-refractivity contribution is 0.647. The van der Waals surface area contributed by atoms with E-state index in [1.807, 2.05) is 17.5 Å². The van der Waals surface area contributed by atoms with Crippen molar-refractivity contribution in [3.05, 3.63) is 59.8 Å². The number of pyridine rings is 1. The van der Waals surface area contributed by atoms with E-state index >= 15 is 0 Å². The average Bonchev–Trinajstić information content (AvgIpc) is 3.06. The van der Waals surface area contributed by atoms with Crippen LogP contribution in [-0.4, -0.2) is 19.1 Å². The third kappa shape index (κ3) is 3.08. The minimum atomic E-state index is 0.575. The van der Waals surface area contributed by atoms with Crippen LogP contribution in [0.15, 0.2) is 48.7 Å². The first kappa shape index (κ1) is 18.9. The lowest BCUT2D eigenvalue weighted by Crippen LogP contribution is -2.07. The average molecular weight is 389 g/mol. The molecule has 4 aromatic rings. The minimum absolute atomic E-state index is 0.575. The Balaban J connectivity index is 2.01. The first-order valence-corrected chi connectivity index (χ1v) is 10.9. The summed E-state index contributed by atoms with van der Waals surface area (Å²) in [5, 5.41) is 5.31. The Morgan fingerprint density at radius 3 is 2.46 bits per heavy atom. The molecule has 0 radical (unpaired) electrons. The molecule has 0 saturated heterocycles. The normalized spacial score (nSPS) is 11.6. The maximum atomic E-state index is 4.84. The molecule has 0 amide bonds. The van der Waals surface area contributed by atoms with Gasteiger partial charge in [-0.25, -0.2) is 0 Å². The number of thiophene rings is 1. The standard InChI is InChI=1S/C25H28N2S/c1-6-17(7-2)22-15-19(14-18-10-8-9-11-21(18)22)23-24-20(12-13-26-23)16(3)25(28-24)27(4)5/h8-15,17H,6-7H2,1-5H3. The van der Waals surface area contributed by atoms with Crippen molar-refractivity contribution in [3.8, 4) is 11.3 Å². The summed E-state index contributed by atoms with van der Waals surface area (Å²) in [5.74, 6) is 0.575. The Kier molecular flexibility index (Phi) is 5.11. The fraction of sp³-hybridized carbons (Fsp3) is 0.320. The number of anilines is 1. The first-order valence-electron chi connectivity index (χ1n) is 10.1. The summed E-state index contributed by atoms with van der Waals surface area (Å²) >= 11 is 1.85. The second kappa shape index (κ2) is 7.56. The van der Waals surface area contributed by atoms with Gasteiger partial charge in [-0.1, -0.05) is 38.1 Å². The van der Waals surface area contributed by atoms with Crippen LogP contribution in [0.25, 0.3) is 32.1 Å². The molecule has 0 aliphatic carbocycles. The summed E-state index contributed by atoms with van der Waals surface area (Å²) in [4.78, 5) is 7.05. The van der Waals surface area contributed by atoms with E-state index in [4.69, 9.17) is 4.98 Å². The molecule has 0 saturated carbocycles. The maximum absolute atomic E-state index is 4.84. The van der Waals surface area contributed by atoms with Gasteiger partial charge in [0.1, 0.15) is 0 Å².